The third-order valence-corrected chi connectivity index (χ3v) is 3.96. The van der Waals surface area contributed by atoms with Crippen LogP contribution in [-0.4, -0.2) is 4.21 Å². The summed E-state index contributed by atoms with van der Waals surface area (Å²) < 4.78 is 25.4. The van der Waals surface area contributed by atoms with Crippen molar-refractivity contribution in [1.29, 1.82) is 5.26 Å². The summed E-state index contributed by atoms with van der Waals surface area (Å²) >= 11 is 0. The predicted molar refractivity (Wildman–Crippen MR) is 72.1 cm³/mol. The number of hydrogen-bond acceptors (Lipinski definition) is 3. The number of nitrogens with zero attached hydrogens (tertiary/aromatic N) is 1. The van der Waals surface area contributed by atoms with Crippen molar-refractivity contribution in [2.75, 3.05) is 5.73 Å². The molecule has 2 rings (SSSR count). The van der Waals surface area contributed by atoms with Crippen molar-refractivity contribution in [1.82, 2.24) is 0 Å². The van der Waals surface area contributed by atoms with Gasteiger partial charge in [-0.15, -0.1) is 0 Å². The first-order chi connectivity index (χ1) is 9.10. The molecule has 0 fully saturated rings. The highest BCUT2D eigenvalue weighted by atomic mass is 32.2. The van der Waals surface area contributed by atoms with E-state index in [4.69, 9.17) is 11.0 Å². The van der Waals surface area contributed by atoms with Crippen molar-refractivity contribution in [3.05, 3.63) is 59.4 Å². The molecule has 3 nitrogen and oxygen atoms in total. The maximum absolute atomic E-state index is 13.3. The number of hydrogen-bond donors (Lipinski definition) is 1. The summed E-state index contributed by atoms with van der Waals surface area (Å²) in [6.07, 6.45) is 0. The number of halogens is 1. The Morgan fingerprint density at radius 1 is 1.26 bits per heavy atom. The average molecular weight is 274 g/mol. The van der Waals surface area contributed by atoms with Crippen LogP contribution in [-0.2, 0) is 16.6 Å². The molecule has 0 aliphatic rings. The second-order valence-corrected chi connectivity index (χ2v) is 5.44. The molecule has 0 spiro atoms. The Bertz CT molecular complexity index is 679. The molecule has 0 heterocycles. The molecule has 1 atom stereocenters. The summed E-state index contributed by atoms with van der Waals surface area (Å²) in [6, 6.07) is 13.0. The normalized spacial score (nSPS) is 11.8. The van der Waals surface area contributed by atoms with E-state index in [2.05, 4.69) is 0 Å². The molecule has 2 aromatic rings. The van der Waals surface area contributed by atoms with Gasteiger partial charge in [-0.25, -0.2) is 4.39 Å². The minimum absolute atomic E-state index is 0.0345. The van der Waals surface area contributed by atoms with Gasteiger partial charge in [-0.2, -0.15) is 5.26 Å². The lowest BCUT2D eigenvalue weighted by molar-refractivity contribution is 0.627. The van der Waals surface area contributed by atoms with Crippen molar-refractivity contribution < 1.29 is 8.60 Å². The lowest BCUT2D eigenvalue weighted by atomic mass is 10.2. The van der Waals surface area contributed by atoms with E-state index in [0.717, 1.165) is 5.56 Å². The standard InChI is InChI=1S/C14H11FN2OS/c15-13-7-12(4-5-14(13)17)19(18)9-11-3-1-2-10(6-11)8-16/h1-7H,9,17H2. The molecule has 5 heteroatoms. The van der Waals surface area contributed by atoms with Gasteiger partial charge in [0.2, 0.25) is 0 Å². The average Bonchev–Trinajstić information content (AvgIpc) is 2.42. The summed E-state index contributed by atoms with van der Waals surface area (Å²) in [6.45, 7) is 0. The van der Waals surface area contributed by atoms with Crippen molar-refractivity contribution in [2.45, 2.75) is 10.6 Å². The molecule has 0 amide bonds. The fraction of sp³-hybridized carbons (Fsp3) is 0.0714. The van der Waals surface area contributed by atoms with Crippen LogP contribution in [0.15, 0.2) is 47.4 Å². The zero-order valence-corrected chi connectivity index (χ0v) is 10.8. The fourth-order valence-corrected chi connectivity index (χ4v) is 2.72. The molecule has 96 valence electrons. The Balaban J connectivity index is 2.21. The second-order valence-electron chi connectivity index (χ2n) is 3.99. The van der Waals surface area contributed by atoms with E-state index < -0.39 is 16.6 Å². The zero-order chi connectivity index (χ0) is 13.8. The highest BCUT2D eigenvalue weighted by molar-refractivity contribution is 7.84. The molecule has 19 heavy (non-hydrogen) atoms. The summed E-state index contributed by atoms with van der Waals surface area (Å²) in [4.78, 5) is 0.383. The minimum Gasteiger partial charge on any atom is -0.396 e. The number of benzene rings is 2. The van der Waals surface area contributed by atoms with Crippen LogP contribution in [0.3, 0.4) is 0 Å². The van der Waals surface area contributed by atoms with E-state index in [0.29, 0.717) is 10.5 Å². The molecule has 0 saturated heterocycles. The molecular formula is C14H11FN2OS. The summed E-state index contributed by atoms with van der Waals surface area (Å²) in [5, 5.41) is 8.79. The Labute approximate surface area is 112 Å². The SMILES string of the molecule is N#Cc1cccc(CS(=O)c2ccc(N)c(F)c2)c1. The number of nitrogens with two attached hydrogens (primary N) is 1. The van der Waals surface area contributed by atoms with Gasteiger partial charge in [-0.1, -0.05) is 12.1 Å². The largest absolute Gasteiger partial charge is 0.396 e. The smallest absolute Gasteiger partial charge is 0.147 e. The quantitative estimate of drug-likeness (QED) is 0.875. The Kier molecular flexibility index (Phi) is 3.93. The number of nitriles is 1. The lowest BCUT2D eigenvalue weighted by Crippen LogP contribution is -1.99. The summed E-state index contributed by atoms with van der Waals surface area (Å²) in [5.74, 6) is -0.338. The Morgan fingerprint density at radius 3 is 2.74 bits per heavy atom. The zero-order valence-electron chi connectivity index (χ0n) is 9.97. The topological polar surface area (TPSA) is 66.9 Å². The molecule has 2 aromatic carbocycles. The van der Waals surface area contributed by atoms with Crippen molar-refractivity contribution >= 4 is 16.5 Å². The first-order valence-corrected chi connectivity index (χ1v) is 6.84. The molecule has 1 unspecified atom stereocenters. The number of rotatable bonds is 3. The number of nitrogen functional groups attached to an aromatic ring is 1. The van der Waals surface area contributed by atoms with E-state index >= 15 is 0 Å². The maximum Gasteiger partial charge on any atom is 0.147 e. The fourth-order valence-electron chi connectivity index (χ4n) is 1.61. The van der Waals surface area contributed by atoms with Gasteiger partial charge in [-0.05, 0) is 35.9 Å². The van der Waals surface area contributed by atoms with Crippen LogP contribution in [0.25, 0.3) is 0 Å². The van der Waals surface area contributed by atoms with Crippen LogP contribution < -0.4 is 5.73 Å². The van der Waals surface area contributed by atoms with Gasteiger partial charge in [-0.3, -0.25) is 4.21 Å². The van der Waals surface area contributed by atoms with Gasteiger partial charge >= 0.3 is 0 Å². The molecule has 0 saturated carbocycles. The van der Waals surface area contributed by atoms with Crippen LogP contribution in [0.5, 0.6) is 0 Å². The lowest BCUT2D eigenvalue weighted by Gasteiger charge is -2.04. The molecule has 0 radical (unpaired) electrons. The van der Waals surface area contributed by atoms with Crippen molar-refractivity contribution in [3.8, 4) is 6.07 Å². The number of anilines is 1. The van der Waals surface area contributed by atoms with Crippen LogP contribution in [0.4, 0.5) is 10.1 Å². The predicted octanol–water partition coefficient (Wildman–Crippen LogP) is 2.59. The van der Waals surface area contributed by atoms with Crippen LogP contribution in [0, 0.1) is 17.1 Å². The first-order valence-electron chi connectivity index (χ1n) is 5.52. The van der Waals surface area contributed by atoms with Crippen molar-refractivity contribution in [2.24, 2.45) is 0 Å². The summed E-state index contributed by atoms with van der Waals surface area (Å²) in [7, 11) is -1.37. The van der Waals surface area contributed by atoms with Gasteiger partial charge in [0.15, 0.2) is 0 Å². The minimum atomic E-state index is -1.37. The summed E-state index contributed by atoms with van der Waals surface area (Å²) in [5.41, 5.74) is 6.69. The molecule has 0 aliphatic carbocycles. The highest BCUT2D eigenvalue weighted by Crippen LogP contribution is 2.18. The van der Waals surface area contributed by atoms with Gasteiger partial charge in [0, 0.05) is 4.90 Å². The van der Waals surface area contributed by atoms with E-state index in [-0.39, 0.29) is 11.4 Å². The maximum atomic E-state index is 13.3. The monoisotopic (exact) mass is 274 g/mol. The first kappa shape index (κ1) is 13.2. The van der Waals surface area contributed by atoms with E-state index in [1.807, 2.05) is 6.07 Å². The highest BCUT2D eigenvalue weighted by Gasteiger charge is 2.08. The Morgan fingerprint density at radius 2 is 2.05 bits per heavy atom. The molecule has 0 aliphatic heterocycles. The molecule has 0 aromatic heterocycles. The van der Waals surface area contributed by atoms with Crippen molar-refractivity contribution in [3.63, 3.8) is 0 Å². The van der Waals surface area contributed by atoms with E-state index in [1.54, 1.807) is 30.3 Å². The van der Waals surface area contributed by atoms with Crippen LogP contribution >= 0.6 is 0 Å². The second kappa shape index (κ2) is 5.63. The third kappa shape index (κ3) is 3.18. The van der Waals surface area contributed by atoms with E-state index in [9.17, 15) is 8.60 Å². The third-order valence-electron chi connectivity index (χ3n) is 2.59. The van der Waals surface area contributed by atoms with Gasteiger partial charge < -0.3 is 5.73 Å². The van der Waals surface area contributed by atoms with E-state index in [1.165, 1.54) is 12.1 Å². The van der Waals surface area contributed by atoms with Crippen LogP contribution in [0.1, 0.15) is 11.1 Å². The van der Waals surface area contributed by atoms with Crippen LogP contribution in [0.2, 0.25) is 0 Å². The molecule has 2 N–H and O–H groups in total. The Hall–Kier alpha value is -2.19. The van der Waals surface area contributed by atoms with Gasteiger partial charge in [0.25, 0.3) is 0 Å². The van der Waals surface area contributed by atoms with Gasteiger partial charge in [0.1, 0.15) is 5.82 Å². The van der Waals surface area contributed by atoms with Gasteiger partial charge in [0.05, 0.1) is 33.9 Å². The molecule has 0 bridgehead atoms. The molecular weight excluding hydrogens is 263 g/mol.